The van der Waals surface area contributed by atoms with E-state index in [1.165, 1.54) is 61.2 Å². The molecule has 5 aliphatic carbocycles. The van der Waals surface area contributed by atoms with Crippen molar-refractivity contribution in [2.75, 3.05) is 0 Å². The molecule has 0 fully saturated rings. The van der Waals surface area contributed by atoms with E-state index in [9.17, 15) is 0 Å². The molecule has 0 radical (unpaired) electrons. The number of hydrogen-bond donors (Lipinski definition) is 0. The van der Waals surface area contributed by atoms with Crippen LogP contribution in [0.15, 0.2) is 168 Å². The summed E-state index contributed by atoms with van der Waals surface area (Å²) in [7, 11) is 0. The van der Waals surface area contributed by atoms with Gasteiger partial charge in [0.2, 0.25) is 0 Å². The molecular weight excluding hydrogens is 689 g/mol. The van der Waals surface area contributed by atoms with Crippen molar-refractivity contribution < 1.29 is 0 Å². The van der Waals surface area contributed by atoms with E-state index >= 15 is 0 Å². The molecule has 0 bridgehead atoms. The molecule has 0 N–H and O–H groups in total. The van der Waals surface area contributed by atoms with Gasteiger partial charge in [-0.25, -0.2) is 0 Å². The third-order valence-electron chi connectivity index (χ3n) is 14.0. The van der Waals surface area contributed by atoms with Crippen LogP contribution in [0.25, 0.3) is 28.2 Å². The molecule has 0 amide bonds. The number of allylic oxidation sites excluding steroid dienone is 10. The van der Waals surface area contributed by atoms with Crippen LogP contribution in [0.5, 0.6) is 0 Å². The number of aromatic nitrogens is 1. The van der Waals surface area contributed by atoms with Crippen molar-refractivity contribution in [2.24, 2.45) is 10.9 Å². The van der Waals surface area contributed by atoms with Crippen LogP contribution in [0, 0.1) is 5.92 Å². The van der Waals surface area contributed by atoms with Crippen LogP contribution in [0.4, 0.5) is 0 Å². The summed E-state index contributed by atoms with van der Waals surface area (Å²) in [6.07, 6.45) is 24.9. The smallest absolute Gasteiger partial charge is 0.0671 e. The first-order valence-corrected chi connectivity index (χ1v) is 21.0. The van der Waals surface area contributed by atoms with Gasteiger partial charge in [-0.05, 0) is 119 Å². The highest BCUT2D eigenvalue weighted by Crippen LogP contribution is 2.59. The van der Waals surface area contributed by atoms with Crippen LogP contribution in [-0.2, 0) is 17.3 Å². The van der Waals surface area contributed by atoms with E-state index in [2.05, 4.69) is 185 Å². The maximum absolute atomic E-state index is 5.34. The Bertz CT molecular complexity index is 2690. The van der Waals surface area contributed by atoms with E-state index in [4.69, 9.17) is 4.99 Å². The molecule has 2 heteroatoms. The molecule has 0 unspecified atom stereocenters. The van der Waals surface area contributed by atoms with Gasteiger partial charge in [0, 0.05) is 45.3 Å². The normalized spacial score (nSPS) is 21.8. The second kappa shape index (κ2) is 13.4. The van der Waals surface area contributed by atoms with Gasteiger partial charge in [0.1, 0.15) is 0 Å². The predicted molar refractivity (Wildman–Crippen MR) is 242 cm³/mol. The molecule has 0 saturated carbocycles. The minimum absolute atomic E-state index is 0.00227. The van der Waals surface area contributed by atoms with E-state index in [0.29, 0.717) is 11.8 Å². The maximum atomic E-state index is 5.34. The summed E-state index contributed by atoms with van der Waals surface area (Å²) in [5.74, 6) is 0.896. The zero-order valence-electron chi connectivity index (χ0n) is 34.0. The summed E-state index contributed by atoms with van der Waals surface area (Å²) >= 11 is 0. The first-order valence-electron chi connectivity index (χ1n) is 21.0. The van der Waals surface area contributed by atoms with E-state index in [1.807, 2.05) is 6.08 Å². The van der Waals surface area contributed by atoms with Crippen LogP contribution in [-0.4, -0.2) is 10.3 Å². The minimum Gasteiger partial charge on any atom is -0.313 e. The van der Waals surface area contributed by atoms with Crippen molar-refractivity contribution in [1.82, 2.24) is 4.57 Å². The Hall–Kier alpha value is -5.73. The van der Waals surface area contributed by atoms with Gasteiger partial charge >= 0.3 is 0 Å². The van der Waals surface area contributed by atoms with Gasteiger partial charge in [-0.1, -0.05) is 149 Å². The molecule has 0 saturated heterocycles. The molecule has 3 atom stereocenters. The van der Waals surface area contributed by atoms with Crippen molar-refractivity contribution in [1.29, 1.82) is 0 Å². The average molecular weight is 741 g/mol. The highest BCUT2D eigenvalue weighted by Gasteiger charge is 2.47. The highest BCUT2D eigenvalue weighted by atomic mass is 15.0. The monoisotopic (exact) mass is 740 g/mol. The standard InChI is InChI=1S/C55H52N2/c1-7-36(38-18-10-8-11-19-38)32-49(39-20-12-9-13-21-39)56-35(2)37-26-28-40(29-27-37)57-50-31-30-47-52(42-23-15-17-25-46(42)54(47,3)4)53(50)44-33-43-41-22-14-16-24-45(41)55(5,6)48(43)34-51(44)57/h7-8,10-12,14-22,24-33,36,42,48H,1,9,13,23,34H2,2-6H3/b49-32-,56-35+/t36-,42+,48-/m1/s1. The summed E-state index contributed by atoms with van der Waals surface area (Å²) in [5.41, 5.74) is 20.0. The van der Waals surface area contributed by atoms with Crippen LogP contribution >= 0.6 is 0 Å². The Kier molecular flexibility index (Phi) is 8.41. The maximum Gasteiger partial charge on any atom is 0.0671 e. The lowest BCUT2D eigenvalue weighted by Crippen LogP contribution is -2.27. The number of nitrogens with zero attached hydrogens (tertiary/aromatic N) is 2. The summed E-state index contributed by atoms with van der Waals surface area (Å²) in [6, 6.07) is 33.8. The summed E-state index contributed by atoms with van der Waals surface area (Å²) < 4.78 is 2.61. The molecule has 4 aromatic carbocycles. The molecule has 0 spiro atoms. The largest absolute Gasteiger partial charge is 0.313 e. The second-order valence-corrected chi connectivity index (χ2v) is 17.8. The fourth-order valence-electron chi connectivity index (χ4n) is 10.9. The Labute approximate surface area is 338 Å². The molecular formula is C55H52N2. The third-order valence-corrected chi connectivity index (χ3v) is 14.0. The zero-order valence-corrected chi connectivity index (χ0v) is 34.0. The molecule has 2 nitrogen and oxygen atoms in total. The Morgan fingerprint density at radius 2 is 1.67 bits per heavy atom. The second-order valence-electron chi connectivity index (χ2n) is 17.8. The quantitative estimate of drug-likeness (QED) is 0.117. The summed E-state index contributed by atoms with van der Waals surface area (Å²) in [5, 5.41) is 1.45. The Morgan fingerprint density at radius 1 is 0.877 bits per heavy atom. The van der Waals surface area contributed by atoms with Gasteiger partial charge in [0.25, 0.3) is 0 Å². The zero-order chi connectivity index (χ0) is 39.1. The van der Waals surface area contributed by atoms with E-state index in [0.717, 1.165) is 42.7 Å². The molecule has 282 valence electrons. The summed E-state index contributed by atoms with van der Waals surface area (Å²) in [4.78, 5) is 5.34. The molecule has 1 aromatic heterocycles. The first kappa shape index (κ1) is 35.7. The molecule has 1 heterocycles. The van der Waals surface area contributed by atoms with Crippen molar-refractivity contribution in [2.45, 2.75) is 83.0 Å². The SMILES string of the molecule is C=C[C@H](/C=C(\N=C(/C)c1ccc(-n2c3c(c4c5c(ccc42)C(C)(C)C2=CC=CC[C@@H]25)C=C2c4ccccc4C(C)(C)[C@@H]2C3)cc1)C1=CCCC=C1)c1ccccc1. The lowest BCUT2D eigenvalue weighted by Gasteiger charge is -2.32. The van der Waals surface area contributed by atoms with Crippen LogP contribution in [0.2, 0.25) is 0 Å². The predicted octanol–water partition coefficient (Wildman–Crippen LogP) is 13.8. The fourth-order valence-corrected chi connectivity index (χ4v) is 10.9. The lowest BCUT2D eigenvalue weighted by atomic mass is 9.73. The van der Waals surface area contributed by atoms with Crippen LogP contribution < -0.4 is 0 Å². The van der Waals surface area contributed by atoms with Gasteiger partial charge in [-0.15, -0.1) is 6.58 Å². The van der Waals surface area contributed by atoms with E-state index in [-0.39, 0.29) is 16.7 Å². The molecule has 5 aliphatic rings. The Balaban J connectivity index is 1.11. The highest BCUT2D eigenvalue weighted by molar-refractivity contribution is 6.04. The topological polar surface area (TPSA) is 17.3 Å². The van der Waals surface area contributed by atoms with Gasteiger partial charge in [-0.3, -0.25) is 4.99 Å². The third kappa shape index (κ3) is 5.55. The number of benzene rings is 4. The van der Waals surface area contributed by atoms with Crippen molar-refractivity contribution in [3.8, 4) is 5.69 Å². The fraction of sp³-hybridized carbons (Fsp3) is 0.255. The minimum atomic E-state index is 0.00227. The number of hydrogen-bond acceptors (Lipinski definition) is 1. The number of rotatable bonds is 7. The van der Waals surface area contributed by atoms with Gasteiger partial charge in [0.15, 0.2) is 0 Å². The summed E-state index contributed by atoms with van der Waals surface area (Å²) in [6.45, 7) is 16.1. The average Bonchev–Trinajstić information content (AvgIpc) is 3.78. The van der Waals surface area contributed by atoms with Crippen molar-refractivity contribution in [3.05, 3.63) is 208 Å². The van der Waals surface area contributed by atoms with Crippen LogP contribution in [0.1, 0.15) is 110 Å². The van der Waals surface area contributed by atoms with E-state index < -0.39 is 0 Å². The van der Waals surface area contributed by atoms with Crippen molar-refractivity contribution in [3.63, 3.8) is 0 Å². The first-order chi connectivity index (χ1) is 27.7. The van der Waals surface area contributed by atoms with E-state index in [1.54, 1.807) is 11.1 Å². The lowest BCUT2D eigenvalue weighted by molar-refractivity contribution is 0.405. The molecule has 57 heavy (non-hydrogen) atoms. The molecule has 10 rings (SSSR count). The molecule has 5 aromatic rings. The number of aliphatic imine (C=N–C) groups is 1. The number of fused-ring (bicyclic) bond motifs is 10. The van der Waals surface area contributed by atoms with Crippen LogP contribution in [0.3, 0.4) is 0 Å². The van der Waals surface area contributed by atoms with Gasteiger partial charge in [0.05, 0.1) is 11.2 Å². The van der Waals surface area contributed by atoms with Crippen molar-refractivity contribution >= 4 is 28.3 Å². The Morgan fingerprint density at radius 3 is 2.44 bits per heavy atom. The van der Waals surface area contributed by atoms with Gasteiger partial charge in [-0.2, -0.15) is 0 Å². The molecule has 0 aliphatic heterocycles. The van der Waals surface area contributed by atoms with Gasteiger partial charge < -0.3 is 4.57 Å².